The second-order valence-electron chi connectivity index (χ2n) is 6.22. The van der Waals surface area contributed by atoms with Gasteiger partial charge in [0.2, 0.25) is 15.9 Å². The molecule has 23 heavy (non-hydrogen) atoms. The molecule has 1 aliphatic heterocycles. The van der Waals surface area contributed by atoms with Gasteiger partial charge in [-0.25, -0.2) is 8.42 Å². The molecule has 0 bridgehead atoms. The topological polar surface area (TPSA) is 57.7 Å². The monoisotopic (exact) mass is 358 g/mol. The molecule has 1 aromatic rings. The lowest BCUT2D eigenvalue weighted by molar-refractivity contribution is -0.133. The summed E-state index contributed by atoms with van der Waals surface area (Å²) in [5, 5.41) is 0.520. The van der Waals surface area contributed by atoms with E-state index in [4.69, 9.17) is 11.6 Å². The van der Waals surface area contributed by atoms with Crippen molar-refractivity contribution in [2.24, 2.45) is 5.92 Å². The van der Waals surface area contributed by atoms with E-state index in [1.165, 1.54) is 4.31 Å². The zero-order valence-electron chi connectivity index (χ0n) is 13.7. The molecule has 0 aliphatic carbocycles. The molecule has 1 aromatic carbocycles. The highest BCUT2D eigenvalue weighted by molar-refractivity contribution is 7.92. The molecule has 0 spiro atoms. The van der Waals surface area contributed by atoms with Gasteiger partial charge in [0.05, 0.1) is 11.9 Å². The Labute approximate surface area is 143 Å². The average molecular weight is 359 g/mol. The number of anilines is 1. The first-order valence-electron chi connectivity index (χ1n) is 7.74. The predicted octanol–water partition coefficient (Wildman–Crippen LogP) is 2.75. The van der Waals surface area contributed by atoms with E-state index in [2.05, 4.69) is 6.92 Å². The van der Waals surface area contributed by atoms with E-state index in [9.17, 15) is 13.2 Å². The molecule has 0 aromatic heterocycles. The Kier molecular flexibility index (Phi) is 5.57. The fourth-order valence-corrected chi connectivity index (χ4v) is 4.18. The standard InChI is InChI=1S/C16H23ClN2O3S/c1-12-8-10-18(11-9-12)16(20)13(2)19(23(3,21)22)15-6-4-14(17)5-7-15/h4-7,12-13H,8-11H2,1-3H3. The van der Waals surface area contributed by atoms with Crippen LogP contribution in [0.3, 0.4) is 0 Å². The van der Waals surface area contributed by atoms with E-state index in [0.29, 0.717) is 29.7 Å². The number of nitrogens with zero attached hydrogens (tertiary/aromatic N) is 2. The molecule has 1 fully saturated rings. The summed E-state index contributed by atoms with van der Waals surface area (Å²) in [7, 11) is -3.58. The van der Waals surface area contributed by atoms with E-state index in [1.807, 2.05) is 0 Å². The number of hydrogen-bond acceptors (Lipinski definition) is 3. The van der Waals surface area contributed by atoms with Gasteiger partial charge in [-0.2, -0.15) is 0 Å². The molecule has 1 heterocycles. The van der Waals surface area contributed by atoms with E-state index in [1.54, 1.807) is 36.1 Å². The third-order valence-electron chi connectivity index (χ3n) is 4.24. The summed E-state index contributed by atoms with van der Waals surface area (Å²) in [4.78, 5) is 14.5. The Morgan fingerprint density at radius 3 is 2.26 bits per heavy atom. The molecule has 0 saturated carbocycles. The average Bonchev–Trinajstić information content (AvgIpc) is 2.48. The van der Waals surface area contributed by atoms with Crippen molar-refractivity contribution >= 4 is 33.2 Å². The number of amides is 1. The summed E-state index contributed by atoms with van der Waals surface area (Å²) in [6.07, 6.45) is 3.03. The van der Waals surface area contributed by atoms with Crippen molar-refractivity contribution in [3.05, 3.63) is 29.3 Å². The normalized spacial score (nSPS) is 17.8. The van der Waals surface area contributed by atoms with Crippen LogP contribution >= 0.6 is 11.6 Å². The van der Waals surface area contributed by atoms with Crippen LogP contribution in [0.2, 0.25) is 5.02 Å². The minimum absolute atomic E-state index is 0.155. The van der Waals surface area contributed by atoms with E-state index < -0.39 is 16.1 Å². The van der Waals surface area contributed by atoms with Crippen LogP contribution in [-0.4, -0.2) is 44.6 Å². The third kappa shape index (κ3) is 4.38. The first kappa shape index (κ1) is 18.1. The largest absolute Gasteiger partial charge is 0.341 e. The number of carbonyl (C=O) groups is 1. The Morgan fingerprint density at radius 1 is 1.26 bits per heavy atom. The predicted molar refractivity (Wildman–Crippen MR) is 93.2 cm³/mol. The molecular weight excluding hydrogens is 336 g/mol. The summed E-state index contributed by atoms with van der Waals surface area (Å²) in [5.74, 6) is 0.453. The van der Waals surface area contributed by atoms with Crippen molar-refractivity contribution in [3.8, 4) is 0 Å². The van der Waals surface area contributed by atoms with Crippen LogP contribution in [0.15, 0.2) is 24.3 Å². The number of likely N-dealkylation sites (tertiary alicyclic amines) is 1. The summed E-state index contributed by atoms with van der Waals surface area (Å²) in [6, 6.07) is 5.69. The Bertz CT molecular complexity index is 652. The van der Waals surface area contributed by atoms with E-state index >= 15 is 0 Å². The number of benzene rings is 1. The van der Waals surface area contributed by atoms with Crippen molar-refractivity contribution in [2.45, 2.75) is 32.7 Å². The molecule has 7 heteroatoms. The first-order valence-corrected chi connectivity index (χ1v) is 9.96. The van der Waals surface area contributed by atoms with Gasteiger partial charge in [0.25, 0.3) is 0 Å². The van der Waals surface area contributed by atoms with Gasteiger partial charge >= 0.3 is 0 Å². The number of rotatable bonds is 4. The lowest BCUT2D eigenvalue weighted by Crippen LogP contribution is -2.51. The van der Waals surface area contributed by atoms with Crippen molar-refractivity contribution in [2.75, 3.05) is 23.7 Å². The van der Waals surface area contributed by atoms with Crippen molar-refractivity contribution in [3.63, 3.8) is 0 Å². The SMILES string of the molecule is CC1CCN(C(=O)C(C)N(c2ccc(Cl)cc2)S(C)(=O)=O)CC1. The van der Waals surface area contributed by atoms with Crippen LogP contribution in [0, 0.1) is 5.92 Å². The molecule has 128 valence electrons. The van der Waals surface area contributed by atoms with Gasteiger partial charge in [-0.15, -0.1) is 0 Å². The van der Waals surface area contributed by atoms with Crippen LogP contribution in [0.25, 0.3) is 0 Å². The molecule has 1 saturated heterocycles. The Hall–Kier alpha value is -1.27. The summed E-state index contributed by atoms with van der Waals surface area (Å²) < 4.78 is 25.6. The minimum Gasteiger partial charge on any atom is -0.341 e. The lowest BCUT2D eigenvalue weighted by atomic mass is 9.99. The van der Waals surface area contributed by atoms with Gasteiger partial charge in [-0.05, 0) is 49.9 Å². The number of hydrogen-bond donors (Lipinski definition) is 0. The van der Waals surface area contributed by atoms with E-state index in [-0.39, 0.29) is 5.91 Å². The molecular formula is C16H23ClN2O3S. The van der Waals surface area contributed by atoms with Crippen molar-refractivity contribution < 1.29 is 13.2 Å². The van der Waals surface area contributed by atoms with Crippen LogP contribution in [0.4, 0.5) is 5.69 Å². The van der Waals surface area contributed by atoms with Crippen molar-refractivity contribution in [1.82, 2.24) is 4.90 Å². The highest BCUT2D eigenvalue weighted by atomic mass is 35.5. The molecule has 0 N–H and O–H groups in total. The maximum absolute atomic E-state index is 12.7. The fourth-order valence-electron chi connectivity index (χ4n) is 2.88. The second kappa shape index (κ2) is 7.09. The van der Waals surface area contributed by atoms with Gasteiger partial charge in [-0.1, -0.05) is 18.5 Å². The van der Waals surface area contributed by atoms with Crippen LogP contribution < -0.4 is 4.31 Å². The molecule has 5 nitrogen and oxygen atoms in total. The van der Waals surface area contributed by atoms with Gasteiger partial charge in [0.1, 0.15) is 6.04 Å². The van der Waals surface area contributed by atoms with E-state index in [0.717, 1.165) is 19.1 Å². The molecule has 1 amide bonds. The van der Waals surface area contributed by atoms with Crippen molar-refractivity contribution in [1.29, 1.82) is 0 Å². The highest BCUT2D eigenvalue weighted by Gasteiger charge is 2.33. The Morgan fingerprint density at radius 2 is 1.78 bits per heavy atom. The van der Waals surface area contributed by atoms with Crippen LogP contribution in [-0.2, 0) is 14.8 Å². The maximum atomic E-state index is 12.7. The first-order chi connectivity index (χ1) is 10.7. The Balaban J connectivity index is 2.25. The molecule has 2 rings (SSSR count). The highest BCUT2D eigenvalue weighted by Crippen LogP contribution is 2.25. The number of halogens is 1. The fraction of sp³-hybridized carbons (Fsp3) is 0.562. The molecule has 0 radical (unpaired) electrons. The summed E-state index contributed by atoms with van der Waals surface area (Å²) in [6.45, 7) is 5.17. The number of piperidine rings is 1. The van der Waals surface area contributed by atoms with Gasteiger partial charge in [-0.3, -0.25) is 9.10 Å². The number of sulfonamides is 1. The van der Waals surface area contributed by atoms with Crippen LogP contribution in [0.5, 0.6) is 0 Å². The van der Waals surface area contributed by atoms with Gasteiger partial charge < -0.3 is 4.90 Å². The lowest BCUT2D eigenvalue weighted by Gasteiger charge is -2.35. The minimum atomic E-state index is -3.58. The summed E-state index contributed by atoms with van der Waals surface area (Å²) >= 11 is 5.86. The third-order valence-corrected chi connectivity index (χ3v) is 5.74. The molecule has 1 atom stereocenters. The van der Waals surface area contributed by atoms with Crippen LogP contribution in [0.1, 0.15) is 26.7 Å². The number of carbonyl (C=O) groups excluding carboxylic acids is 1. The van der Waals surface area contributed by atoms with Gasteiger partial charge in [0, 0.05) is 18.1 Å². The molecule has 1 aliphatic rings. The molecule has 1 unspecified atom stereocenters. The summed E-state index contributed by atoms with van der Waals surface area (Å²) in [5.41, 5.74) is 0.447. The second-order valence-corrected chi connectivity index (χ2v) is 8.51. The zero-order valence-corrected chi connectivity index (χ0v) is 15.3. The van der Waals surface area contributed by atoms with Gasteiger partial charge in [0.15, 0.2) is 0 Å². The smallest absolute Gasteiger partial charge is 0.246 e. The zero-order chi connectivity index (χ0) is 17.2. The maximum Gasteiger partial charge on any atom is 0.246 e. The quantitative estimate of drug-likeness (QED) is 0.831.